The molecule has 1 atom stereocenters. The molecule has 4 N–H and O–H groups in total. The summed E-state index contributed by atoms with van der Waals surface area (Å²) in [5, 5.41) is 2.69. The van der Waals surface area contributed by atoms with Gasteiger partial charge in [-0.15, -0.1) is 0 Å². The molecule has 2 aromatic rings. The Kier molecular flexibility index (Phi) is 8.27. The van der Waals surface area contributed by atoms with Gasteiger partial charge in [0.15, 0.2) is 5.69 Å². The minimum Gasteiger partial charge on any atom is -0.383 e. The van der Waals surface area contributed by atoms with E-state index in [0.717, 1.165) is 17.5 Å². The quantitative estimate of drug-likeness (QED) is 0.497. The lowest BCUT2D eigenvalue weighted by atomic mass is 9.93. The third-order valence-electron chi connectivity index (χ3n) is 6.20. The number of amides is 2. The standard InChI is InChI=1S/C24H34N6O4/c1-4-6-12-29(20-21(25)30(11-5-2)24(34)27-23(20)33)19(31)15-28-14-17-10-8-7-9-16(17)13-18(28)22(32)26-3/h7-10,18H,4-6,11-15,25H2,1-3H3,(H,26,32)(H,27,33,34). The molecule has 0 bridgehead atoms. The van der Waals surface area contributed by atoms with Crippen LogP contribution in [0.4, 0.5) is 11.5 Å². The third kappa shape index (κ3) is 5.22. The highest BCUT2D eigenvalue weighted by molar-refractivity contribution is 5.97. The number of benzene rings is 1. The molecule has 184 valence electrons. The van der Waals surface area contributed by atoms with E-state index in [1.165, 1.54) is 9.47 Å². The normalized spacial score (nSPS) is 15.6. The van der Waals surface area contributed by atoms with Crippen molar-refractivity contribution in [2.24, 2.45) is 0 Å². The van der Waals surface area contributed by atoms with Gasteiger partial charge in [-0.05, 0) is 30.4 Å². The lowest BCUT2D eigenvalue weighted by molar-refractivity contribution is -0.128. The number of hydrogen-bond donors (Lipinski definition) is 3. The summed E-state index contributed by atoms with van der Waals surface area (Å²) in [5.74, 6) is -0.538. The second-order valence-electron chi connectivity index (χ2n) is 8.55. The summed E-state index contributed by atoms with van der Waals surface area (Å²) in [6, 6.07) is 7.35. The number of unbranched alkanes of at least 4 members (excludes halogenated alkanes) is 1. The van der Waals surface area contributed by atoms with E-state index >= 15 is 0 Å². The highest BCUT2D eigenvalue weighted by atomic mass is 16.2. The Balaban J connectivity index is 1.97. The molecular formula is C24H34N6O4. The van der Waals surface area contributed by atoms with Gasteiger partial charge in [0.2, 0.25) is 11.8 Å². The Morgan fingerprint density at radius 1 is 1.18 bits per heavy atom. The first-order valence-corrected chi connectivity index (χ1v) is 11.8. The highest BCUT2D eigenvalue weighted by Gasteiger charge is 2.34. The van der Waals surface area contributed by atoms with Crippen LogP contribution in [0.1, 0.15) is 44.2 Å². The van der Waals surface area contributed by atoms with Crippen molar-refractivity contribution < 1.29 is 9.59 Å². The van der Waals surface area contributed by atoms with Crippen molar-refractivity contribution in [1.82, 2.24) is 19.8 Å². The molecule has 1 aromatic heterocycles. The molecule has 0 spiro atoms. The van der Waals surface area contributed by atoms with Crippen LogP contribution >= 0.6 is 0 Å². The minimum atomic E-state index is -0.689. The van der Waals surface area contributed by atoms with Crippen LogP contribution in [0.25, 0.3) is 0 Å². The molecule has 0 radical (unpaired) electrons. The molecule has 1 unspecified atom stereocenters. The first kappa shape index (κ1) is 25.2. The average molecular weight is 471 g/mol. The van der Waals surface area contributed by atoms with Gasteiger partial charge in [0.05, 0.1) is 12.6 Å². The summed E-state index contributed by atoms with van der Waals surface area (Å²) in [5.41, 5.74) is 7.09. The molecule has 1 aliphatic rings. The van der Waals surface area contributed by atoms with E-state index in [2.05, 4.69) is 10.3 Å². The van der Waals surface area contributed by atoms with Crippen LogP contribution in [0, 0.1) is 0 Å². The van der Waals surface area contributed by atoms with Crippen LogP contribution in [-0.2, 0) is 29.1 Å². The number of hydrogen-bond acceptors (Lipinski definition) is 6. The number of rotatable bonds is 9. The second kappa shape index (κ2) is 11.1. The number of nitrogens with two attached hydrogens (primary N) is 1. The summed E-state index contributed by atoms with van der Waals surface area (Å²) in [4.78, 5) is 56.8. The van der Waals surface area contributed by atoms with Crippen LogP contribution in [-0.4, -0.2) is 52.4 Å². The number of fused-ring (bicyclic) bond motifs is 1. The SMILES string of the molecule is CCCCN(C(=O)CN1Cc2ccccc2CC1C(=O)NC)c1c(N)n(CCC)c(=O)[nH]c1=O. The molecule has 0 saturated carbocycles. The Morgan fingerprint density at radius 2 is 1.88 bits per heavy atom. The van der Waals surface area contributed by atoms with Gasteiger partial charge in [-0.25, -0.2) is 4.79 Å². The number of carbonyl (C=O) groups excluding carboxylic acids is 2. The average Bonchev–Trinajstić information content (AvgIpc) is 2.82. The molecule has 2 amide bonds. The largest absolute Gasteiger partial charge is 0.383 e. The molecule has 10 nitrogen and oxygen atoms in total. The zero-order valence-corrected chi connectivity index (χ0v) is 20.1. The zero-order chi connectivity index (χ0) is 24.8. The first-order chi connectivity index (χ1) is 16.3. The molecule has 0 aliphatic carbocycles. The zero-order valence-electron chi connectivity index (χ0n) is 20.1. The lowest BCUT2D eigenvalue weighted by Gasteiger charge is -2.36. The van der Waals surface area contributed by atoms with Gasteiger partial charge >= 0.3 is 5.69 Å². The summed E-state index contributed by atoms with van der Waals surface area (Å²) in [6.45, 7) is 4.85. The number of carbonyl (C=O) groups is 2. The van der Waals surface area contributed by atoms with E-state index in [0.29, 0.717) is 32.4 Å². The number of likely N-dealkylation sites (N-methyl/N-ethyl adjacent to an activating group) is 1. The van der Waals surface area contributed by atoms with Crippen molar-refractivity contribution in [2.75, 3.05) is 30.8 Å². The topological polar surface area (TPSA) is 134 Å². The van der Waals surface area contributed by atoms with E-state index in [-0.39, 0.29) is 36.4 Å². The number of H-pyrrole nitrogens is 1. The number of nitrogens with zero attached hydrogens (tertiary/aromatic N) is 3. The number of aromatic nitrogens is 2. The summed E-state index contributed by atoms with van der Waals surface area (Å²) in [6.07, 6.45) is 2.58. The van der Waals surface area contributed by atoms with Crippen LogP contribution in [0.2, 0.25) is 0 Å². The smallest absolute Gasteiger partial charge is 0.330 e. The van der Waals surface area contributed by atoms with Gasteiger partial charge in [-0.2, -0.15) is 0 Å². The van der Waals surface area contributed by atoms with Crippen LogP contribution in [0.15, 0.2) is 33.9 Å². The monoisotopic (exact) mass is 470 g/mol. The maximum Gasteiger partial charge on any atom is 0.330 e. The fourth-order valence-electron chi connectivity index (χ4n) is 4.39. The molecule has 3 rings (SSSR count). The third-order valence-corrected chi connectivity index (χ3v) is 6.20. The number of nitrogens with one attached hydrogen (secondary N) is 2. The van der Waals surface area contributed by atoms with E-state index in [4.69, 9.17) is 5.73 Å². The van der Waals surface area contributed by atoms with E-state index in [9.17, 15) is 19.2 Å². The van der Waals surface area contributed by atoms with Crippen molar-refractivity contribution in [3.05, 3.63) is 56.2 Å². The van der Waals surface area contributed by atoms with E-state index in [1.54, 1.807) is 7.05 Å². The Hall–Kier alpha value is -3.40. The van der Waals surface area contributed by atoms with Crippen LogP contribution in [0.3, 0.4) is 0 Å². The predicted molar refractivity (Wildman–Crippen MR) is 132 cm³/mol. The van der Waals surface area contributed by atoms with Gasteiger partial charge in [0.25, 0.3) is 5.56 Å². The first-order valence-electron chi connectivity index (χ1n) is 11.8. The van der Waals surface area contributed by atoms with Gasteiger partial charge < -0.3 is 16.0 Å². The molecule has 34 heavy (non-hydrogen) atoms. The number of anilines is 2. The fourth-order valence-corrected chi connectivity index (χ4v) is 4.39. The predicted octanol–water partition coefficient (Wildman–Crippen LogP) is 0.835. The Morgan fingerprint density at radius 3 is 2.53 bits per heavy atom. The van der Waals surface area contributed by atoms with Gasteiger partial charge in [-0.1, -0.05) is 44.5 Å². The summed E-state index contributed by atoms with van der Waals surface area (Å²) < 4.78 is 1.29. The van der Waals surface area contributed by atoms with Crippen molar-refractivity contribution in [3.8, 4) is 0 Å². The lowest BCUT2D eigenvalue weighted by Crippen LogP contribution is -2.53. The van der Waals surface area contributed by atoms with Crippen molar-refractivity contribution >= 4 is 23.3 Å². The van der Waals surface area contributed by atoms with Gasteiger partial charge in [-0.3, -0.25) is 28.8 Å². The maximum atomic E-state index is 13.6. The number of aromatic amines is 1. The van der Waals surface area contributed by atoms with Crippen LogP contribution < -0.4 is 27.2 Å². The molecule has 10 heteroatoms. The van der Waals surface area contributed by atoms with Crippen LogP contribution in [0.5, 0.6) is 0 Å². The maximum absolute atomic E-state index is 13.6. The van der Waals surface area contributed by atoms with Gasteiger partial charge in [0, 0.05) is 26.7 Å². The molecule has 2 heterocycles. The molecule has 0 saturated heterocycles. The van der Waals surface area contributed by atoms with E-state index in [1.807, 2.05) is 43.0 Å². The minimum absolute atomic E-state index is 0.0135. The Labute approximate surface area is 198 Å². The number of nitrogen functional groups attached to an aromatic ring is 1. The summed E-state index contributed by atoms with van der Waals surface area (Å²) in [7, 11) is 1.58. The molecule has 1 aromatic carbocycles. The molecule has 1 aliphatic heterocycles. The van der Waals surface area contributed by atoms with Crippen molar-refractivity contribution in [1.29, 1.82) is 0 Å². The second-order valence-corrected chi connectivity index (χ2v) is 8.55. The molecule has 0 fully saturated rings. The van der Waals surface area contributed by atoms with Crippen molar-refractivity contribution in [2.45, 2.75) is 58.7 Å². The Bertz CT molecular complexity index is 1150. The summed E-state index contributed by atoms with van der Waals surface area (Å²) >= 11 is 0. The van der Waals surface area contributed by atoms with Crippen molar-refractivity contribution in [3.63, 3.8) is 0 Å². The van der Waals surface area contributed by atoms with Gasteiger partial charge in [0.1, 0.15) is 5.82 Å². The fraction of sp³-hybridized carbons (Fsp3) is 0.500. The van der Waals surface area contributed by atoms with E-state index < -0.39 is 17.3 Å². The molecular weight excluding hydrogens is 436 g/mol. The highest BCUT2D eigenvalue weighted by Crippen LogP contribution is 2.25.